The van der Waals surface area contributed by atoms with Gasteiger partial charge in [0, 0.05) is 18.1 Å². The van der Waals surface area contributed by atoms with Gasteiger partial charge in [-0.3, -0.25) is 4.90 Å². The first kappa shape index (κ1) is 18.2. The summed E-state index contributed by atoms with van der Waals surface area (Å²) >= 11 is 0. The molecular weight excluding hydrogens is 256 g/mol. The second kappa shape index (κ2) is 9.22. The van der Waals surface area contributed by atoms with Gasteiger partial charge in [0.25, 0.3) is 0 Å². The lowest BCUT2D eigenvalue weighted by atomic mass is 10.1. The Morgan fingerprint density at radius 2 is 1.67 bits per heavy atom. The van der Waals surface area contributed by atoms with E-state index in [0.29, 0.717) is 6.04 Å². The van der Waals surface area contributed by atoms with E-state index in [2.05, 4.69) is 75.2 Å². The Morgan fingerprint density at radius 1 is 1.00 bits per heavy atom. The van der Waals surface area contributed by atoms with Crippen molar-refractivity contribution in [3.63, 3.8) is 0 Å². The van der Waals surface area contributed by atoms with Gasteiger partial charge in [-0.1, -0.05) is 36.8 Å². The Balaban J connectivity index is 2.23. The third-order valence-electron chi connectivity index (χ3n) is 3.74. The molecule has 0 atom stereocenters. The highest BCUT2D eigenvalue weighted by atomic mass is 15.1. The molecule has 1 aromatic rings. The van der Waals surface area contributed by atoms with Gasteiger partial charge in [0.15, 0.2) is 0 Å². The zero-order chi connectivity index (χ0) is 15.7. The molecule has 120 valence electrons. The summed E-state index contributed by atoms with van der Waals surface area (Å²) in [7, 11) is 0. The molecule has 0 radical (unpaired) electrons. The third kappa shape index (κ3) is 8.90. The van der Waals surface area contributed by atoms with Crippen LogP contribution >= 0.6 is 0 Å². The molecular formula is C19H34N2. The minimum atomic E-state index is 0.247. The largest absolute Gasteiger partial charge is 0.312 e. The number of hydrogen-bond donors (Lipinski definition) is 1. The zero-order valence-electron chi connectivity index (χ0n) is 14.7. The van der Waals surface area contributed by atoms with Crippen molar-refractivity contribution in [3.8, 4) is 0 Å². The fourth-order valence-corrected chi connectivity index (χ4v) is 2.42. The highest BCUT2D eigenvalue weighted by Gasteiger charge is 2.10. The monoisotopic (exact) mass is 290 g/mol. The number of rotatable bonds is 9. The first-order valence-electron chi connectivity index (χ1n) is 8.41. The highest BCUT2D eigenvalue weighted by molar-refractivity contribution is 5.14. The van der Waals surface area contributed by atoms with Crippen molar-refractivity contribution in [2.75, 3.05) is 13.1 Å². The van der Waals surface area contributed by atoms with Crippen LogP contribution in [0, 0.1) is 0 Å². The number of nitrogens with zero attached hydrogens (tertiary/aromatic N) is 1. The van der Waals surface area contributed by atoms with Crippen LogP contribution in [-0.2, 0) is 6.54 Å². The van der Waals surface area contributed by atoms with Crippen LogP contribution in [0.3, 0.4) is 0 Å². The lowest BCUT2D eigenvalue weighted by Gasteiger charge is -2.26. The molecule has 0 spiro atoms. The van der Waals surface area contributed by atoms with E-state index in [-0.39, 0.29) is 5.54 Å². The van der Waals surface area contributed by atoms with Crippen molar-refractivity contribution in [2.24, 2.45) is 0 Å². The van der Waals surface area contributed by atoms with Gasteiger partial charge in [-0.15, -0.1) is 0 Å². The molecule has 0 aliphatic heterocycles. The van der Waals surface area contributed by atoms with Crippen LogP contribution in [-0.4, -0.2) is 29.6 Å². The van der Waals surface area contributed by atoms with E-state index in [1.165, 1.54) is 31.4 Å². The predicted octanol–water partition coefficient (Wildman–Crippen LogP) is 4.46. The molecule has 1 aromatic carbocycles. The van der Waals surface area contributed by atoms with E-state index in [0.717, 1.165) is 13.1 Å². The van der Waals surface area contributed by atoms with E-state index in [9.17, 15) is 0 Å². The molecule has 2 heteroatoms. The van der Waals surface area contributed by atoms with Gasteiger partial charge < -0.3 is 5.32 Å². The van der Waals surface area contributed by atoms with Gasteiger partial charge in [0.1, 0.15) is 0 Å². The summed E-state index contributed by atoms with van der Waals surface area (Å²) in [6.07, 6.45) is 3.87. The van der Waals surface area contributed by atoms with E-state index >= 15 is 0 Å². The lowest BCUT2D eigenvalue weighted by molar-refractivity contribution is 0.208. The summed E-state index contributed by atoms with van der Waals surface area (Å²) in [5, 5.41) is 3.56. The molecule has 0 fully saturated rings. The van der Waals surface area contributed by atoms with Crippen molar-refractivity contribution in [1.82, 2.24) is 10.2 Å². The highest BCUT2D eigenvalue weighted by Crippen LogP contribution is 2.10. The summed E-state index contributed by atoms with van der Waals surface area (Å²) in [4.78, 5) is 2.58. The normalized spacial score (nSPS) is 12.3. The SMILES string of the molecule is CC(C)N(CCCCCNC(C)(C)C)Cc1ccccc1. The molecule has 0 bridgehead atoms. The smallest absolute Gasteiger partial charge is 0.0236 e. The third-order valence-corrected chi connectivity index (χ3v) is 3.74. The predicted molar refractivity (Wildman–Crippen MR) is 93.6 cm³/mol. The molecule has 0 aliphatic rings. The number of benzene rings is 1. The van der Waals surface area contributed by atoms with Gasteiger partial charge >= 0.3 is 0 Å². The van der Waals surface area contributed by atoms with Crippen molar-refractivity contribution < 1.29 is 0 Å². The van der Waals surface area contributed by atoms with Crippen LogP contribution in [0.5, 0.6) is 0 Å². The maximum Gasteiger partial charge on any atom is 0.0236 e. The average molecular weight is 290 g/mol. The first-order chi connectivity index (χ1) is 9.88. The summed E-state index contributed by atoms with van der Waals surface area (Å²) in [5.41, 5.74) is 1.66. The Labute approximate surface area is 131 Å². The topological polar surface area (TPSA) is 15.3 Å². The fraction of sp³-hybridized carbons (Fsp3) is 0.684. The Kier molecular flexibility index (Phi) is 7.98. The molecule has 2 nitrogen and oxygen atoms in total. The van der Waals surface area contributed by atoms with Crippen LogP contribution in [0.4, 0.5) is 0 Å². The van der Waals surface area contributed by atoms with Crippen molar-refractivity contribution in [3.05, 3.63) is 35.9 Å². The first-order valence-corrected chi connectivity index (χ1v) is 8.41. The van der Waals surface area contributed by atoms with E-state index in [1.54, 1.807) is 0 Å². The van der Waals surface area contributed by atoms with E-state index in [1.807, 2.05) is 0 Å². The maximum absolute atomic E-state index is 3.56. The molecule has 1 N–H and O–H groups in total. The van der Waals surface area contributed by atoms with Crippen LogP contribution in [0.25, 0.3) is 0 Å². The van der Waals surface area contributed by atoms with Crippen molar-refractivity contribution in [1.29, 1.82) is 0 Å². The van der Waals surface area contributed by atoms with Crippen molar-refractivity contribution in [2.45, 2.75) is 72.0 Å². The minimum absolute atomic E-state index is 0.247. The van der Waals surface area contributed by atoms with Gasteiger partial charge in [0.05, 0.1) is 0 Å². The number of unbranched alkanes of at least 4 members (excludes halogenated alkanes) is 2. The summed E-state index contributed by atoms with van der Waals surface area (Å²) in [6.45, 7) is 14.7. The Morgan fingerprint density at radius 3 is 2.24 bits per heavy atom. The summed E-state index contributed by atoms with van der Waals surface area (Å²) < 4.78 is 0. The van der Waals surface area contributed by atoms with E-state index < -0.39 is 0 Å². The number of hydrogen-bond acceptors (Lipinski definition) is 2. The van der Waals surface area contributed by atoms with Gasteiger partial charge in [-0.05, 0) is 66.1 Å². The van der Waals surface area contributed by atoms with Crippen molar-refractivity contribution >= 4 is 0 Å². The van der Waals surface area contributed by atoms with Crippen LogP contribution < -0.4 is 5.32 Å². The molecule has 0 amide bonds. The zero-order valence-corrected chi connectivity index (χ0v) is 14.7. The quantitative estimate of drug-likeness (QED) is 0.676. The van der Waals surface area contributed by atoms with Crippen LogP contribution in [0.2, 0.25) is 0 Å². The van der Waals surface area contributed by atoms with Gasteiger partial charge in [-0.25, -0.2) is 0 Å². The average Bonchev–Trinajstić information content (AvgIpc) is 2.41. The van der Waals surface area contributed by atoms with E-state index in [4.69, 9.17) is 0 Å². The Hall–Kier alpha value is -0.860. The summed E-state index contributed by atoms with van der Waals surface area (Å²) in [5.74, 6) is 0. The second-order valence-corrected chi connectivity index (χ2v) is 7.29. The Bertz CT molecular complexity index is 365. The lowest BCUT2D eigenvalue weighted by Crippen LogP contribution is -2.36. The molecule has 0 aliphatic carbocycles. The molecule has 21 heavy (non-hydrogen) atoms. The minimum Gasteiger partial charge on any atom is -0.312 e. The molecule has 1 rings (SSSR count). The molecule has 0 unspecified atom stereocenters. The number of nitrogens with one attached hydrogen (secondary N) is 1. The summed E-state index contributed by atoms with van der Waals surface area (Å²) in [6, 6.07) is 11.4. The molecule has 0 heterocycles. The molecule has 0 aromatic heterocycles. The molecule has 0 saturated carbocycles. The fourth-order valence-electron chi connectivity index (χ4n) is 2.42. The van der Waals surface area contributed by atoms with Crippen LogP contribution in [0.1, 0.15) is 59.4 Å². The molecule has 0 saturated heterocycles. The maximum atomic E-state index is 3.56. The second-order valence-electron chi connectivity index (χ2n) is 7.29. The van der Waals surface area contributed by atoms with Gasteiger partial charge in [-0.2, -0.15) is 0 Å². The van der Waals surface area contributed by atoms with Crippen LogP contribution in [0.15, 0.2) is 30.3 Å². The standard InChI is InChI=1S/C19H34N2/c1-17(2)21(16-18-12-8-6-9-13-18)15-11-7-10-14-20-19(3,4)5/h6,8-9,12-13,17,20H,7,10-11,14-16H2,1-5H3. The van der Waals surface area contributed by atoms with Gasteiger partial charge in [0.2, 0.25) is 0 Å².